The summed E-state index contributed by atoms with van der Waals surface area (Å²) in [6.07, 6.45) is 1.58. The monoisotopic (exact) mass is 230 g/mol. The molecule has 4 heteroatoms. The van der Waals surface area contributed by atoms with Crippen LogP contribution in [0, 0.1) is 11.8 Å². The van der Waals surface area contributed by atoms with Gasteiger partial charge >= 0.3 is 0 Å². The molecule has 0 radical (unpaired) electrons. The van der Waals surface area contributed by atoms with Crippen molar-refractivity contribution in [2.75, 3.05) is 10.6 Å². The quantitative estimate of drug-likeness (QED) is 0.616. The van der Waals surface area contributed by atoms with Gasteiger partial charge in [-0.1, -0.05) is 13.0 Å². The van der Waals surface area contributed by atoms with Crippen molar-refractivity contribution in [3.05, 3.63) is 23.8 Å². The smallest absolute Gasteiger partial charge is 0.237 e. The molecule has 0 aromatic heterocycles. The van der Waals surface area contributed by atoms with Crippen LogP contribution in [0.25, 0.3) is 0 Å². The van der Waals surface area contributed by atoms with Gasteiger partial charge in [-0.3, -0.25) is 9.59 Å². The van der Waals surface area contributed by atoms with Crippen molar-refractivity contribution in [2.45, 2.75) is 19.8 Å². The predicted octanol–water partition coefficient (Wildman–Crippen LogP) is 1.34. The maximum absolute atomic E-state index is 11.9. The predicted molar refractivity (Wildman–Crippen MR) is 64.3 cm³/mol. The summed E-state index contributed by atoms with van der Waals surface area (Å²) in [5.41, 5.74) is 8.18. The standard InChI is InChI=1S/C13H14N2O2/c1-2-7-3-4-8(5-11(7)14)15-12(16)9-6-10(9)13(15)17/h3-5,9-10H,2,6,14H2,1H3. The summed E-state index contributed by atoms with van der Waals surface area (Å²) in [7, 11) is 0. The van der Waals surface area contributed by atoms with Crippen LogP contribution in [-0.2, 0) is 16.0 Å². The SMILES string of the molecule is CCc1ccc(N2C(=O)C3CC3C2=O)cc1N. The number of carbonyl (C=O) groups is 2. The lowest BCUT2D eigenvalue weighted by Crippen LogP contribution is -2.32. The second-order valence-corrected chi connectivity index (χ2v) is 4.70. The van der Waals surface area contributed by atoms with Crippen molar-refractivity contribution in [3.63, 3.8) is 0 Å². The molecule has 1 saturated heterocycles. The van der Waals surface area contributed by atoms with Crippen LogP contribution in [0.2, 0.25) is 0 Å². The van der Waals surface area contributed by atoms with Crippen molar-refractivity contribution in [1.29, 1.82) is 0 Å². The highest BCUT2D eigenvalue weighted by molar-refractivity contribution is 6.24. The molecule has 0 bridgehead atoms. The number of benzene rings is 1. The topological polar surface area (TPSA) is 63.4 Å². The Hall–Kier alpha value is -1.84. The van der Waals surface area contributed by atoms with Gasteiger partial charge in [0.15, 0.2) is 0 Å². The van der Waals surface area contributed by atoms with Crippen LogP contribution >= 0.6 is 0 Å². The van der Waals surface area contributed by atoms with E-state index in [1.54, 1.807) is 12.1 Å². The van der Waals surface area contributed by atoms with E-state index in [4.69, 9.17) is 5.73 Å². The minimum atomic E-state index is -0.0661. The van der Waals surface area contributed by atoms with Gasteiger partial charge in [-0.2, -0.15) is 0 Å². The number of rotatable bonds is 2. The zero-order valence-electron chi connectivity index (χ0n) is 9.64. The maximum atomic E-state index is 11.9. The van der Waals surface area contributed by atoms with Gasteiger partial charge in [-0.25, -0.2) is 4.90 Å². The van der Waals surface area contributed by atoms with Crippen molar-refractivity contribution >= 4 is 23.2 Å². The molecule has 0 spiro atoms. The van der Waals surface area contributed by atoms with E-state index in [1.165, 1.54) is 4.90 Å². The largest absolute Gasteiger partial charge is 0.398 e. The molecule has 3 rings (SSSR count). The summed E-state index contributed by atoms with van der Waals surface area (Å²) in [6, 6.07) is 5.41. The van der Waals surface area contributed by atoms with Crippen molar-refractivity contribution in [3.8, 4) is 0 Å². The molecular formula is C13H14N2O2. The summed E-state index contributed by atoms with van der Waals surface area (Å²) in [4.78, 5) is 25.1. The molecule has 17 heavy (non-hydrogen) atoms. The fourth-order valence-corrected chi connectivity index (χ4v) is 2.48. The first-order valence-corrected chi connectivity index (χ1v) is 5.89. The summed E-state index contributed by atoms with van der Waals surface area (Å²) in [5, 5.41) is 0. The summed E-state index contributed by atoms with van der Waals surface area (Å²) < 4.78 is 0. The maximum Gasteiger partial charge on any atom is 0.237 e. The van der Waals surface area contributed by atoms with E-state index in [9.17, 15) is 9.59 Å². The minimum absolute atomic E-state index is 0.0606. The third kappa shape index (κ3) is 1.37. The highest BCUT2D eigenvalue weighted by Crippen LogP contribution is 2.48. The molecule has 2 amide bonds. The Kier molecular flexibility index (Phi) is 2.02. The van der Waals surface area contributed by atoms with E-state index in [0.29, 0.717) is 11.4 Å². The van der Waals surface area contributed by atoms with Gasteiger partial charge in [0.2, 0.25) is 11.8 Å². The first-order chi connectivity index (χ1) is 8.13. The van der Waals surface area contributed by atoms with Crippen LogP contribution < -0.4 is 10.6 Å². The summed E-state index contributed by atoms with van der Waals surface area (Å²) in [6.45, 7) is 2.02. The van der Waals surface area contributed by atoms with Gasteiger partial charge in [0.25, 0.3) is 0 Å². The van der Waals surface area contributed by atoms with Crippen LogP contribution in [0.1, 0.15) is 18.9 Å². The Balaban J connectivity index is 1.97. The molecular weight excluding hydrogens is 216 g/mol. The highest BCUT2D eigenvalue weighted by Gasteiger charge is 2.59. The Bertz CT molecular complexity index is 504. The molecule has 4 nitrogen and oxygen atoms in total. The number of imide groups is 1. The normalized spacial score (nSPS) is 26.3. The van der Waals surface area contributed by atoms with Crippen molar-refractivity contribution in [2.24, 2.45) is 11.8 Å². The van der Waals surface area contributed by atoms with E-state index in [0.717, 1.165) is 18.4 Å². The Morgan fingerprint density at radius 1 is 1.29 bits per heavy atom. The van der Waals surface area contributed by atoms with E-state index in [1.807, 2.05) is 13.0 Å². The Morgan fingerprint density at radius 3 is 2.47 bits per heavy atom. The molecule has 1 aromatic carbocycles. The van der Waals surface area contributed by atoms with Crippen LogP contribution in [0.4, 0.5) is 11.4 Å². The number of amides is 2. The van der Waals surface area contributed by atoms with Crippen LogP contribution in [-0.4, -0.2) is 11.8 Å². The average molecular weight is 230 g/mol. The summed E-state index contributed by atoms with van der Waals surface area (Å²) >= 11 is 0. The number of hydrogen-bond donors (Lipinski definition) is 1. The molecule has 1 saturated carbocycles. The molecule has 1 heterocycles. The molecule has 2 N–H and O–H groups in total. The van der Waals surface area contributed by atoms with Gasteiger partial charge in [0.05, 0.1) is 17.5 Å². The first-order valence-electron chi connectivity index (χ1n) is 5.89. The van der Waals surface area contributed by atoms with E-state index in [2.05, 4.69) is 0 Å². The van der Waals surface area contributed by atoms with Gasteiger partial charge in [-0.05, 0) is 30.5 Å². The highest BCUT2D eigenvalue weighted by atomic mass is 16.2. The number of anilines is 2. The van der Waals surface area contributed by atoms with Crippen LogP contribution in [0.5, 0.6) is 0 Å². The molecule has 1 aliphatic carbocycles. The van der Waals surface area contributed by atoms with Crippen molar-refractivity contribution < 1.29 is 9.59 Å². The number of hydrogen-bond acceptors (Lipinski definition) is 3. The van der Waals surface area contributed by atoms with E-state index < -0.39 is 0 Å². The average Bonchev–Trinajstić information content (AvgIpc) is 3.04. The lowest BCUT2D eigenvalue weighted by Gasteiger charge is -2.17. The molecule has 2 fully saturated rings. The van der Waals surface area contributed by atoms with E-state index >= 15 is 0 Å². The van der Waals surface area contributed by atoms with Gasteiger partial charge < -0.3 is 5.73 Å². The lowest BCUT2D eigenvalue weighted by atomic mass is 10.1. The molecule has 2 aliphatic rings. The molecule has 88 valence electrons. The third-order valence-electron chi connectivity index (χ3n) is 3.63. The van der Waals surface area contributed by atoms with E-state index in [-0.39, 0.29) is 23.7 Å². The van der Waals surface area contributed by atoms with Gasteiger partial charge in [0.1, 0.15) is 0 Å². The summed E-state index contributed by atoms with van der Waals surface area (Å²) in [5.74, 6) is -0.253. The number of nitrogens with two attached hydrogens (primary N) is 1. The first kappa shape index (κ1) is 10.3. The second kappa shape index (κ2) is 3.32. The fourth-order valence-electron chi connectivity index (χ4n) is 2.48. The zero-order chi connectivity index (χ0) is 12.2. The zero-order valence-corrected chi connectivity index (χ0v) is 9.64. The van der Waals surface area contributed by atoms with Crippen molar-refractivity contribution in [1.82, 2.24) is 0 Å². The Labute approximate surface area is 99.4 Å². The third-order valence-corrected chi connectivity index (χ3v) is 3.63. The molecule has 1 aromatic rings. The minimum Gasteiger partial charge on any atom is -0.398 e. The second-order valence-electron chi connectivity index (χ2n) is 4.70. The number of carbonyl (C=O) groups excluding carboxylic acids is 2. The van der Waals surface area contributed by atoms with Crippen LogP contribution in [0.3, 0.4) is 0 Å². The molecule has 2 unspecified atom stereocenters. The number of fused-ring (bicyclic) bond motifs is 1. The molecule has 1 aliphatic heterocycles. The number of aryl methyl sites for hydroxylation is 1. The lowest BCUT2D eigenvalue weighted by molar-refractivity contribution is -0.123. The number of nitrogen functional groups attached to an aromatic ring is 1. The van der Waals surface area contributed by atoms with Gasteiger partial charge in [-0.15, -0.1) is 0 Å². The number of nitrogens with zero attached hydrogens (tertiary/aromatic N) is 1. The Morgan fingerprint density at radius 2 is 1.94 bits per heavy atom. The fraction of sp³-hybridized carbons (Fsp3) is 0.385. The number of piperidine rings is 1. The van der Waals surface area contributed by atoms with Gasteiger partial charge in [0, 0.05) is 5.69 Å². The van der Waals surface area contributed by atoms with Crippen LogP contribution in [0.15, 0.2) is 18.2 Å². The molecule has 2 atom stereocenters.